The number of aromatic nitrogens is 2. The van der Waals surface area contributed by atoms with Crippen LogP contribution >= 0.6 is 11.8 Å². The number of H-pyrrole nitrogens is 1. The van der Waals surface area contributed by atoms with E-state index in [1.807, 2.05) is 6.07 Å². The summed E-state index contributed by atoms with van der Waals surface area (Å²) in [6.45, 7) is 1.32. The number of thioether (sulfide) groups is 1. The van der Waals surface area contributed by atoms with Crippen molar-refractivity contribution < 1.29 is 9.53 Å². The largest absolute Gasteiger partial charge is 0.376 e. The van der Waals surface area contributed by atoms with Crippen LogP contribution in [0, 0.1) is 0 Å². The molecule has 1 amide bonds. The van der Waals surface area contributed by atoms with E-state index in [2.05, 4.69) is 15.3 Å². The summed E-state index contributed by atoms with van der Waals surface area (Å²) in [5.41, 5.74) is 0.446. The average molecular weight is 319 g/mol. The van der Waals surface area contributed by atoms with Gasteiger partial charge >= 0.3 is 0 Å². The molecule has 1 aliphatic rings. The summed E-state index contributed by atoms with van der Waals surface area (Å²) in [5.74, 6) is 0.130. The predicted octanol–water partition coefficient (Wildman–Crippen LogP) is 1.31. The molecule has 2 N–H and O–H groups in total. The highest BCUT2D eigenvalue weighted by molar-refractivity contribution is 7.99. The number of rotatable bonds is 5. The molecule has 1 saturated heterocycles. The van der Waals surface area contributed by atoms with Crippen LogP contribution in [0.25, 0.3) is 10.9 Å². The van der Waals surface area contributed by atoms with Crippen molar-refractivity contribution in [3.63, 3.8) is 0 Å². The summed E-state index contributed by atoms with van der Waals surface area (Å²) >= 11 is 1.22. The minimum absolute atomic E-state index is 0.0868. The number of nitrogens with zero attached hydrogens (tertiary/aromatic N) is 1. The molecule has 2 heterocycles. The van der Waals surface area contributed by atoms with Crippen LogP contribution in [0.2, 0.25) is 0 Å². The van der Waals surface area contributed by atoms with Crippen molar-refractivity contribution in [3.8, 4) is 0 Å². The molecule has 3 rings (SSSR count). The first-order valence-electron chi connectivity index (χ1n) is 7.22. The fraction of sp³-hybridized carbons (Fsp3) is 0.400. The molecule has 1 fully saturated rings. The van der Waals surface area contributed by atoms with Gasteiger partial charge in [-0.2, -0.15) is 0 Å². The molecule has 7 heteroatoms. The zero-order chi connectivity index (χ0) is 15.4. The Hall–Kier alpha value is -1.86. The molecule has 6 nitrogen and oxygen atoms in total. The van der Waals surface area contributed by atoms with E-state index in [1.165, 1.54) is 11.8 Å². The standard InChI is InChI=1S/C15H17N3O3S/c19-13(16-8-10-4-3-7-21-10)9-22-15-17-12-6-2-1-5-11(12)14(20)18-15/h1-2,5-6,10H,3-4,7-9H2,(H,16,19)(H,17,18,20)/t10-/m0/s1. The molecule has 0 unspecified atom stereocenters. The summed E-state index contributed by atoms with van der Waals surface area (Å²) in [4.78, 5) is 30.8. The molecule has 1 aliphatic heterocycles. The van der Waals surface area contributed by atoms with Gasteiger partial charge in [-0.25, -0.2) is 4.98 Å². The first-order valence-corrected chi connectivity index (χ1v) is 8.21. The number of aromatic amines is 1. The molecule has 2 aromatic rings. The van der Waals surface area contributed by atoms with Crippen LogP contribution in [0.3, 0.4) is 0 Å². The van der Waals surface area contributed by atoms with Gasteiger partial charge in [-0.1, -0.05) is 23.9 Å². The van der Waals surface area contributed by atoms with Gasteiger partial charge in [0, 0.05) is 13.2 Å². The smallest absolute Gasteiger partial charge is 0.259 e. The number of ether oxygens (including phenoxy) is 1. The zero-order valence-electron chi connectivity index (χ0n) is 12.0. The molecular weight excluding hydrogens is 302 g/mol. The van der Waals surface area contributed by atoms with Crippen molar-refractivity contribution in [3.05, 3.63) is 34.6 Å². The fourth-order valence-electron chi connectivity index (χ4n) is 2.35. The Morgan fingerprint density at radius 3 is 3.14 bits per heavy atom. The Bertz CT molecular complexity index is 725. The van der Waals surface area contributed by atoms with Gasteiger partial charge in [0.05, 0.1) is 22.8 Å². The van der Waals surface area contributed by atoms with Crippen LogP contribution in [-0.4, -0.2) is 40.9 Å². The number of amides is 1. The van der Waals surface area contributed by atoms with E-state index >= 15 is 0 Å². The van der Waals surface area contributed by atoms with Gasteiger partial charge in [0.2, 0.25) is 5.91 Å². The van der Waals surface area contributed by atoms with Gasteiger partial charge < -0.3 is 15.0 Å². The Labute approximate surface area is 131 Å². The fourth-order valence-corrected chi connectivity index (χ4v) is 3.05. The van der Waals surface area contributed by atoms with Crippen LogP contribution in [0.1, 0.15) is 12.8 Å². The van der Waals surface area contributed by atoms with Crippen LogP contribution in [0.15, 0.2) is 34.2 Å². The Kier molecular flexibility index (Phi) is 4.74. The number of hydrogen-bond acceptors (Lipinski definition) is 5. The number of fused-ring (bicyclic) bond motifs is 1. The maximum Gasteiger partial charge on any atom is 0.259 e. The second-order valence-electron chi connectivity index (χ2n) is 5.12. The van der Waals surface area contributed by atoms with E-state index in [4.69, 9.17) is 4.74 Å². The topological polar surface area (TPSA) is 84.1 Å². The van der Waals surface area contributed by atoms with Gasteiger partial charge in [0.25, 0.3) is 5.56 Å². The second-order valence-corrected chi connectivity index (χ2v) is 6.08. The maximum atomic E-state index is 11.9. The number of nitrogens with one attached hydrogen (secondary N) is 2. The monoisotopic (exact) mass is 319 g/mol. The highest BCUT2D eigenvalue weighted by Gasteiger charge is 2.16. The van der Waals surface area contributed by atoms with Gasteiger partial charge in [-0.15, -0.1) is 0 Å². The summed E-state index contributed by atoms with van der Waals surface area (Å²) in [5, 5.41) is 3.85. The third-order valence-corrected chi connectivity index (χ3v) is 4.36. The lowest BCUT2D eigenvalue weighted by Gasteiger charge is -2.10. The van der Waals surface area contributed by atoms with Crippen molar-refractivity contribution in [1.82, 2.24) is 15.3 Å². The summed E-state index contributed by atoms with van der Waals surface area (Å²) in [7, 11) is 0. The van der Waals surface area contributed by atoms with E-state index in [0.717, 1.165) is 19.4 Å². The highest BCUT2D eigenvalue weighted by atomic mass is 32.2. The van der Waals surface area contributed by atoms with E-state index in [9.17, 15) is 9.59 Å². The molecule has 1 atom stereocenters. The molecule has 1 aromatic carbocycles. The van der Waals surface area contributed by atoms with Crippen molar-refractivity contribution in [2.45, 2.75) is 24.1 Å². The minimum atomic E-state index is -0.187. The molecule has 0 radical (unpaired) electrons. The molecule has 0 saturated carbocycles. The average Bonchev–Trinajstić information content (AvgIpc) is 3.04. The molecule has 22 heavy (non-hydrogen) atoms. The maximum absolute atomic E-state index is 11.9. The zero-order valence-corrected chi connectivity index (χ0v) is 12.8. The third kappa shape index (κ3) is 3.66. The first-order chi connectivity index (χ1) is 10.7. The number of para-hydroxylation sites is 1. The van der Waals surface area contributed by atoms with Gasteiger partial charge in [-0.3, -0.25) is 9.59 Å². The molecule has 0 aliphatic carbocycles. The molecular formula is C15H17N3O3S. The van der Waals surface area contributed by atoms with Crippen LogP contribution in [0.4, 0.5) is 0 Å². The van der Waals surface area contributed by atoms with E-state index in [-0.39, 0.29) is 23.3 Å². The highest BCUT2D eigenvalue weighted by Crippen LogP contribution is 2.14. The van der Waals surface area contributed by atoms with Crippen LogP contribution in [-0.2, 0) is 9.53 Å². The van der Waals surface area contributed by atoms with Gasteiger partial charge in [0.1, 0.15) is 0 Å². The third-order valence-electron chi connectivity index (χ3n) is 3.48. The van der Waals surface area contributed by atoms with Crippen LogP contribution < -0.4 is 10.9 Å². The predicted molar refractivity (Wildman–Crippen MR) is 85.1 cm³/mol. The Morgan fingerprint density at radius 1 is 1.45 bits per heavy atom. The molecule has 1 aromatic heterocycles. The Morgan fingerprint density at radius 2 is 2.32 bits per heavy atom. The second kappa shape index (κ2) is 6.93. The summed E-state index contributed by atoms with van der Waals surface area (Å²) in [6, 6.07) is 7.14. The summed E-state index contributed by atoms with van der Waals surface area (Å²) in [6.07, 6.45) is 2.18. The number of benzene rings is 1. The lowest BCUT2D eigenvalue weighted by atomic mass is 10.2. The normalized spacial score (nSPS) is 17.7. The quantitative estimate of drug-likeness (QED) is 0.641. The van der Waals surface area contributed by atoms with E-state index in [0.29, 0.717) is 22.6 Å². The van der Waals surface area contributed by atoms with Crippen molar-refractivity contribution in [2.24, 2.45) is 0 Å². The van der Waals surface area contributed by atoms with Gasteiger partial charge in [0.15, 0.2) is 5.16 Å². The van der Waals surface area contributed by atoms with E-state index in [1.54, 1.807) is 18.2 Å². The minimum Gasteiger partial charge on any atom is -0.376 e. The number of hydrogen-bond donors (Lipinski definition) is 2. The Balaban J connectivity index is 1.56. The van der Waals surface area contributed by atoms with Crippen LogP contribution in [0.5, 0.6) is 0 Å². The van der Waals surface area contributed by atoms with Gasteiger partial charge in [-0.05, 0) is 25.0 Å². The number of carbonyl (C=O) groups excluding carboxylic acids is 1. The lowest BCUT2D eigenvalue weighted by Crippen LogP contribution is -2.33. The van der Waals surface area contributed by atoms with Crippen molar-refractivity contribution in [2.75, 3.05) is 18.9 Å². The van der Waals surface area contributed by atoms with Crippen molar-refractivity contribution in [1.29, 1.82) is 0 Å². The molecule has 116 valence electrons. The molecule has 0 spiro atoms. The van der Waals surface area contributed by atoms with E-state index < -0.39 is 0 Å². The number of carbonyl (C=O) groups is 1. The lowest BCUT2D eigenvalue weighted by molar-refractivity contribution is -0.119. The summed E-state index contributed by atoms with van der Waals surface area (Å²) < 4.78 is 5.45. The van der Waals surface area contributed by atoms with Crippen molar-refractivity contribution >= 4 is 28.6 Å². The first kappa shape index (κ1) is 15.1. The SMILES string of the molecule is O=C(CSc1nc2ccccc2c(=O)[nH]1)NC[C@@H]1CCCO1. The molecule has 0 bridgehead atoms.